The number of halogens is 2. The molecule has 0 N–H and O–H groups in total. The van der Waals surface area contributed by atoms with Crippen LogP contribution in [0.25, 0.3) is 0 Å². The van der Waals surface area contributed by atoms with Gasteiger partial charge in [0.1, 0.15) is 12.4 Å². The van der Waals surface area contributed by atoms with Gasteiger partial charge in [0, 0.05) is 0 Å². The summed E-state index contributed by atoms with van der Waals surface area (Å²) < 4.78 is 5.28. The lowest BCUT2D eigenvalue weighted by Gasteiger charge is -2.08. The maximum Gasteiger partial charge on any atom is 0.154 e. The van der Waals surface area contributed by atoms with E-state index in [0.717, 1.165) is 5.56 Å². The highest BCUT2D eigenvalue weighted by molar-refractivity contribution is 6.32. The summed E-state index contributed by atoms with van der Waals surface area (Å²) in [5.74, 6) is 0.563. The first-order valence-electron chi connectivity index (χ1n) is 4.06. The van der Waals surface area contributed by atoms with Gasteiger partial charge >= 0.3 is 0 Å². The molecule has 0 saturated carbocycles. The molecule has 0 aliphatic heterocycles. The molecule has 1 aromatic rings. The molecule has 0 aliphatic rings. The number of hydrogen-bond acceptors (Lipinski definition) is 2. The van der Waals surface area contributed by atoms with Gasteiger partial charge in [0.15, 0.2) is 5.38 Å². The quantitative estimate of drug-likeness (QED) is 0.747. The number of hydrogen-bond donors (Lipinski definition) is 0. The number of rotatable bonds is 3. The zero-order valence-electron chi connectivity index (χ0n) is 7.63. The van der Waals surface area contributed by atoms with E-state index in [0.29, 0.717) is 10.8 Å². The minimum atomic E-state index is -0.647. The van der Waals surface area contributed by atoms with Crippen LogP contribution in [0, 0.1) is 18.3 Å². The Balaban J connectivity index is 2.67. The molecule has 4 heteroatoms. The zero-order valence-corrected chi connectivity index (χ0v) is 9.14. The Morgan fingerprint density at radius 1 is 1.57 bits per heavy atom. The molecule has 0 bridgehead atoms. The van der Waals surface area contributed by atoms with Crippen LogP contribution in [-0.4, -0.2) is 12.0 Å². The molecule has 1 unspecified atom stereocenters. The molecule has 0 fully saturated rings. The lowest BCUT2D eigenvalue weighted by molar-refractivity contribution is 0.329. The number of nitrogens with zero attached hydrogens (tertiary/aromatic N) is 1. The molecule has 0 heterocycles. The number of ether oxygens (including phenoxy) is 1. The Hall–Kier alpha value is -0.910. The lowest BCUT2D eigenvalue weighted by Crippen LogP contribution is -2.09. The van der Waals surface area contributed by atoms with Gasteiger partial charge < -0.3 is 4.74 Å². The van der Waals surface area contributed by atoms with E-state index in [-0.39, 0.29) is 6.61 Å². The van der Waals surface area contributed by atoms with Crippen LogP contribution in [-0.2, 0) is 0 Å². The third-order valence-electron chi connectivity index (χ3n) is 1.61. The van der Waals surface area contributed by atoms with Crippen LogP contribution in [0.2, 0.25) is 5.02 Å². The van der Waals surface area contributed by atoms with Crippen molar-refractivity contribution in [1.29, 1.82) is 5.26 Å². The fourth-order valence-electron chi connectivity index (χ4n) is 0.921. The average Bonchev–Trinajstić information content (AvgIpc) is 2.19. The van der Waals surface area contributed by atoms with Crippen LogP contribution in [0.4, 0.5) is 0 Å². The van der Waals surface area contributed by atoms with Gasteiger partial charge in [-0.25, -0.2) is 0 Å². The van der Waals surface area contributed by atoms with Gasteiger partial charge in [0.25, 0.3) is 0 Å². The van der Waals surface area contributed by atoms with Gasteiger partial charge in [0.05, 0.1) is 11.1 Å². The first-order chi connectivity index (χ1) is 6.63. The fourth-order valence-corrected chi connectivity index (χ4v) is 1.16. The predicted molar refractivity (Wildman–Crippen MR) is 56.9 cm³/mol. The maximum atomic E-state index is 8.44. The van der Waals surface area contributed by atoms with E-state index < -0.39 is 5.38 Å². The summed E-state index contributed by atoms with van der Waals surface area (Å²) in [5.41, 5.74) is 1.05. The summed E-state index contributed by atoms with van der Waals surface area (Å²) in [6.07, 6.45) is 0. The number of alkyl halides is 1. The second kappa shape index (κ2) is 5.09. The van der Waals surface area contributed by atoms with Crippen molar-refractivity contribution in [2.24, 2.45) is 0 Å². The summed E-state index contributed by atoms with van der Waals surface area (Å²) in [5, 5.41) is 8.32. The molecule has 0 aliphatic carbocycles. The van der Waals surface area contributed by atoms with Crippen molar-refractivity contribution < 1.29 is 4.74 Å². The van der Waals surface area contributed by atoms with Crippen LogP contribution in [0.15, 0.2) is 18.2 Å². The van der Waals surface area contributed by atoms with Crippen molar-refractivity contribution in [3.63, 3.8) is 0 Å². The average molecular weight is 230 g/mol. The van der Waals surface area contributed by atoms with Crippen LogP contribution in [0.3, 0.4) is 0 Å². The maximum absolute atomic E-state index is 8.44. The second-order valence-electron chi connectivity index (χ2n) is 2.84. The summed E-state index contributed by atoms with van der Waals surface area (Å²) >= 11 is 11.4. The van der Waals surface area contributed by atoms with Gasteiger partial charge in [-0.05, 0) is 24.6 Å². The highest BCUT2D eigenvalue weighted by Crippen LogP contribution is 2.25. The molecule has 0 aromatic heterocycles. The fraction of sp³-hybridized carbons (Fsp3) is 0.300. The van der Waals surface area contributed by atoms with Crippen molar-refractivity contribution in [2.75, 3.05) is 6.61 Å². The SMILES string of the molecule is Cc1ccc(Cl)c(OCC(Cl)C#N)c1. The normalized spacial score (nSPS) is 11.9. The summed E-state index contributed by atoms with van der Waals surface area (Å²) in [6.45, 7) is 2.08. The van der Waals surface area contributed by atoms with Crippen LogP contribution in [0.5, 0.6) is 5.75 Å². The Bertz CT molecular complexity index is 360. The van der Waals surface area contributed by atoms with Gasteiger partial charge in [-0.15, -0.1) is 11.6 Å². The molecule has 1 aromatic carbocycles. The van der Waals surface area contributed by atoms with Crippen molar-refractivity contribution in [2.45, 2.75) is 12.3 Å². The highest BCUT2D eigenvalue weighted by Gasteiger charge is 2.06. The van der Waals surface area contributed by atoms with Gasteiger partial charge in [0.2, 0.25) is 0 Å². The molecule has 0 saturated heterocycles. The molecule has 0 amide bonds. The van der Waals surface area contributed by atoms with Gasteiger partial charge in [-0.2, -0.15) is 5.26 Å². The van der Waals surface area contributed by atoms with E-state index in [1.165, 1.54) is 0 Å². The summed E-state index contributed by atoms with van der Waals surface area (Å²) in [7, 11) is 0. The van der Waals surface area contributed by atoms with Crippen molar-refractivity contribution in [3.8, 4) is 11.8 Å². The molecule has 14 heavy (non-hydrogen) atoms. The Labute approximate surface area is 93.0 Å². The Morgan fingerprint density at radius 2 is 2.29 bits per heavy atom. The minimum absolute atomic E-state index is 0.140. The zero-order chi connectivity index (χ0) is 10.6. The predicted octanol–water partition coefficient (Wildman–Crippen LogP) is 3.16. The Kier molecular flexibility index (Phi) is 4.06. The van der Waals surface area contributed by atoms with E-state index in [4.69, 9.17) is 33.2 Å². The van der Waals surface area contributed by atoms with Crippen LogP contribution in [0.1, 0.15) is 5.56 Å². The standard InChI is InChI=1S/C10H9Cl2NO/c1-7-2-3-9(12)10(4-7)14-6-8(11)5-13/h2-4,8H,6H2,1H3. The van der Waals surface area contributed by atoms with E-state index in [1.54, 1.807) is 6.07 Å². The van der Waals surface area contributed by atoms with Gasteiger partial charge in [-0.1, -0.05) is 17.7 Å². The van der Waals surface area contributed by atoms with E-state index in [9.17, 15) is 0 Å². The lowest BCUT2D eigenvalue weighted by atomic mass is 10.2. The molecule has 2 nitrogen and oxygen atoms in total. The van der Waals surface area contributed by atoms with Crippen molar-refractivity contribution in [3.05, 3.63) is 28.8 Å². The van der Waals surface area contributed by atoms with E-state index >= 15 is 0 Å². The van der Waals surface area contributed by atoms with Crippen molar-refractivity contribution >= 4 is 23.2 Å². The highest BCUT2D eigenvalue weighted by atomic mass is 35.5. The summed E-state index contributed by atoms with van der Waals surface area (Å²) in [6, 6.07) is 7.31. The van der Waals surface area contributed by atoms with Crippen LogP contribution < -0.4 is 4.74 Å². The van der Waals surface area contributed by atoms with E-state index in [2.05, 4.69) is 0 Å². The molecule has 74 valence electrons. The second-order valence-corrected chi connectivity index (χ2v) is 3.78. The largest absolute Gasteiger partial charge is 0.489 e. The topological polar surface area (TPSA) is 33.0 Å². The number of aryl methyl sites for hydroxylation is 1. The molecular formula is C10H9Cl2NO. The third-order valence-corrected chi connectivity index (χ3v) is 2.15. The molecule has 1 atom stereocenters. The first kappa shape index (κ1) is 11.2. The Morgan fingerprint density at radius 3 is 2.93 bits per heavy atom. The van der Waals surface area contributed by atoms with E-state index in [1.807, 2.05) is 25.1 Å². The molecule has 1 rings (SSSR count). The van der Waals surface area contributed by atoms with Gasteiger partial charge in [-0.3, -0.25) is 0 Å². The van der Waals surface area contributed by atoms with Crippen LogP contribution >= 0.6 is 23.2 Å². The molecular weight excluding hydrogens is 221 g/mol. The number of nitriles is 1. The smallest absolute Gasteiger partial charge is 0.154 e. The third kappa shape index (κ3) is 3.10. The molecule has 0 radical (unpaired) electrons. The summed E-state index contributed by atoms with van der Waals surface area (Å²) in [4.78, 5) is 0. The molecule has 0 spiro atoms. The minimum Gasteiger partial charge on any atom is -0.489 e. The van der Waals surface area contributed by atoms with Crippen molar-refractivity contribution in [1.82, 2.24) is 0 Å². The monoisotopic (exact) mass is 229 g/mol. The number of benzene rings is 1. The first-order valence-corrected chi connectivity index (χ1v) is 4.87.